The predicted octanol–water partition coefficient (Wildman–Crippen LogP) is 6.09. The molecule has 2 unspecified atom stereocenters. The van der Waals surface area contributed by atoms with Crippen LogP contribution in [-0.2, 0) is 0 Å². The summed E-state index contributed by atoms with van der Waals surface area (Å²) >= 11 is 0. The smallest absolute Gasteiger partial charge is 0.00617 e. The molecule has 0 saturated heterocycles. The molecule has 0 N–H and O–H groups in total. The zero-order valence-corrected chi connectivity index (χ0v) is 14.1. The number of hydrogen-bond acceptors (Lipinski definition) is 0. The fourth-order valence-electron chi connectivity index (χ4n) is 3.69. The first-order valence-electron chi connectivity index (χ1n) is 7.39. The van der Waals surface area contributed by atoms with Gasteiger partial charge >= 0.3 is 0 Å². The lowest BCUT2D eigenvalue weighted by molar-refractivity contribution is 0.482. The van der Waals surface area contributed by atoms with Crippen LogP contribution in [0.1, 0.15) is 41.0 Å². The molecule has 2 aliphatic carbocycles. The molecule has 0 aromatic heterocycles. The Morgan fingerprint density at radius 2 is 1.09 bits per heavy atom. The summed E-state index contributed by atoms with van der Waals surface area (Å²) in [5.41, 5.74) is 5.75. The van der Waals surface area contributed by atoms with Crippen LogP contribution >= 0.6 is 24.8 Å². The standard InChI is InChI=1S/C20H18.2ClH/c1-14(17-12-10-15-6-2-4-8-19(15)17)18-13-11-16-7-3-5-9-20(16)18;;/h2-14,17-18H,1H3;2*1H. The van der Waals surface area contributed by atoms with E-state index in [4.69, 9.17) is 0 Å². The molecule has 0 aliphatic heterocycles. The van der Waals surface area contributed by atoms with Gasteiger partial charge in [-0.25, -0.2) is 0 Å². The van der Waals surface area contributed by atoms with Crippen LogP contribution in [0.2, 0.25) is 0 Å². The van der Waals surface area contributed by atoms with E-state index in [2.05, 4.69) is 79.8 Å². The van der Waals surface area contributed by atoms with Crippen LogP contribution in [0.3, 0.4) is 0 Å². The molecule has 0 saturated carbocycles. The maximum absolute atomic E-state index is 2.38. The van der Waals surface area contributed by atoms with Crippen LogP contribution in [-0.4, -0.2) is 0 Å². The molecule has 22 heavy (non-hydrogen) atoms. The van der Waals surface area contributed by atoms with Crippen molar-refractivity contribution >= 4 is 37.0 Å². The fourth-order valence-corrected chi connectivity index (χ4v) is 3.69. The van der Waals surface area contributed by atoms with E-state index in [9.17, 15) is 0 Å². The van der Waals surface area contributed by atoms with Crippen molar-refractivity contribution in [3.8, 4) is 0 Å². The molecule has 4 rings (SSSR count). The lowest BCUT2D eigenvalue weighted by Crippen LogP contribution is -2.13. The molecule has 0 heterocycles. The Morgan fingerprint density at radius 3 is 1.55 bits per heavy atom. The summed E-state index contributed by atoms with van der Waals surface area (Å²) in [5.74, 6) is 1.66. The van der Waals surface area contributed by atoms with E-state index in [0.29, 0.717) is 17.8 Å². The molecule has 0 amide bonds. The number of allylic oxidation sites excluding steroid dienone is 2. The molecular formula is C20H20Cl2. The highest BCUT2D eigenvalue weighted by atomic mass is 35.5. The first-order valence-corrected chi connectivity index (χ1v) is 7.39. The Hall–Kier alpha value is -1.50. The van der Waals surface area contributed by atoms with Crippen molar-refractivity contribution in [2.45, 2.75) is 18.8 Å². The molecule has 0 fully saturated rings. The average molecular weight is 331 g/mol. The largest absolute Gasteiger partial charge is 0.147 e. The lowest BCUT2D eigenvalue weighted by atomic mass is 9.78. The Kier molecular flexibility index (Phi) is 5.16. The maximum atomic E-state index is 2.38. The van der Waals surface area contributed by atoms with E-state index in [0.717, 1.165) is 0 Å². The molecule has 114 valence electrons. The van der Waals surface area contributed by atoms with E-state index in [1.807, 2.05) is 0 Å². The van der Waals surface area contributed by atoms with Crippen molar-refractivity contribution in [2.24, 2.45) is 5.92 Å². The van der Waals surface area contributed by atoms with Gasteiger partial charge in [0.1, 0.15) is 0 Å². The van der Waals surface area contributed by atoms with Crippen LogP contribution in [0.15, 0.2) is 60.7 Å². The third-order valence-corrected chi connectivity index (χ3v) is 4.81. The molecule has 0 nitrogen and oxygen atoms in total. The number of hydrogen-bond donors (Lipinski definition) is 0. The summed E-state index contributed by atoms with van der Waals surface area (Å²) in [5, 5.41) is 0. The minimum atomic E-state index is 0. The van der Waals surface area contributed by atoms with Gasteiger partial charge in [-0.3, -0.25) is 0 Å². The van der Waals surface area contributed by atoms with Crippen molar-refractivity contribution in [1.29, 1.82) is 0 Å². The van der Waals surface area contributed by atoms with Crippen molar-refractivity contribution < 1.29 is 0 Å². The van der Waals surface area contributed by atoms with E-state index < -0.39 is 0 Å². The molecule has 2 aromatic rings. The highest BCUT2D eigenvalue weighted by Crippen LogP contribution is 2.45. The Morgan fingerprint density at radius 1 is 0.682 bits per heavy atom. The van der Waals surface area contributed by atoms with Gasteiger partial charge in [-0.05, 0) is 28.2 Å². The summed E-state index contributed by atoms with van der Waals surface area (Å²) in [7, 11) is 0. The average Bonchev–Trinajstić information content (AvgIpc) is 3.11. The number of benzene rings is 2. The second-order valence-electron chi connectivity index (χ2n) is 5.89. The van der Waals surface area contributed by atoms with E-state index in [1.54, 1.807) is 0 Å². The molecule has 0 radical (unpaired) electrons. The zero-order valence-electron chi connectivity index (χ0n) is 12.5. The van der Waals surface area contributed by atoms with Crippen LogP contribution in [0.5, 0.6) is 0 Å². The highest BCUT2D eigenvalue weighted by molar-refractivity contribution is 5.85. The number of rotatable bonds is 2. The third kappa shape index (κ3) is 2.62. The minimum Gasteiger partial charge on any atom is -0.147 e. The molecule has 2 aliphatic rings. The molecule has 2 atom stereocenters. The van der Waals surface area contributed by atoms with Crippen molar-refractivity contribution in [3.63, 3.8) is 0 Å². The molecular weight excluding hydrogens is 311 g/mol. The predicted molar refractivity (Wildman–Crippen MR) is 100 cm³/mol. The Balaban J connectivity index is 0.000000882. The topological polar surface area (TPSA) is 0 Å². The minimum absolute atomic E-state index is 0. The summed E-state index contributed by atoms with van der Waals surface area (Å²) < 4.78 is 0. The number of fused-ring (bicyclic) bond motifs is 2. The Labute approximate surface area is 144 Å². The number of halogens is 2. The Bertz CT molecular complexity index is 654. The van der Waals surface area contributed by atoms with Gasteiger partial charge in [0.25, 0.3) is 0 Å². The lowest BCUT2D eigenvalue weighted by Gasteiger charge is -2.25. The van der Waals surface area contributed by atoms with Gasteiger partial charge in [-0.2, -0.15) is 0 Å². The summed E-state index contributed by atoms with van der Waals surface area (Å²) in [6.45, 7) is 2.38. The molecule has 0 spiro atoms. The van der Waals surface area contributed by atoms with Crippen LogP contribution < -0.4 is 0 Å². The van der Waals surface area contributed by atoms with Crippen LogP contribution in [0, 0.1) is 5.92 Å². The van der Waals surface area contributed by atoms with Crippen LogP contribution in [0.25, 0.3) is 12.2 Å². The van der Waals surface area contributed by atoms with Crippen molar-refractivity contribution in [3.05, 3.63) is 82.9 Å². The molecule has 0 bridgehead atoms. The van der Waals surface area contributed by atoms with E-state index in [1.165, 1.54) is 22.3 Å². The van der Waals surface area contributed by atoms with Gasteiger partial charge in [0.15, 0.2) is 0 Å². The zero-order chi connectivity index (χ0) is 13.5. The summed E-state index contributed by atoms with van der Waals surface area (Å²) in [6.07, 6.45) is 9.32. The SMILES string of the molecule is CC(C1C=Cc2ccccc21)C1C=Cc2ccccc21.Cl.Cl. The van der Waals surface area contributed by atoms with Gasteiger partial charge in [-0.1, -0.05) is 79.8 Å². The first-order chi connectivity index (χ1) is 9.84. The highest BCUT2D eigenvalue weighted by Gasteiger charge is 2.30. The van der Waals surface area contributed by atoms with Gasteiger partial charge in [0.05, 0.1) is 0 Å². The van der Waals surface area contributed by atoms with E-state index in [-0.39, 0.29) is 24.8 Å². The van der Waals surface area contributed by atoms with Gasteiger partial charge in [-0.15, -0.1) is 24.8 Å². The third-order valence-electron chi connectivity index (χ3n) is 4.81. The normalized spacial score (nSPS) is 21.5. The maximum Gasteiger partial charge on any atom is 0.00617 e. The quantitative estimate of drug-likeness (QED) is 0.625. The summed E-state index contributed by atoms with van der Waals surface area (Å²) in [4.78, 5) is 0. The van der Waals surface area contributed by atoms with Crippen molar-refractivity contribution in [1.82, 2.24) is 0 Å². The van der Waals surface area contributed by atoms with Gasteiger partial charge in [0.2, 0.25) is 0 Å². The van der Waals surface area contributed by atoms with Crippen LogP contribution in [0.4, 0.5) is 0 Å². The van der Waals surface area contributed by atoms with Gasteiger partial charge < -0.3 is 0 Å². The second-order valence-corrected chi connectivity index (χ2v) is 5.89. The molecule has 2 aromatic carbocycles. The van der Waals surface area contributed by atoms with Gasteiger partial charge in [0, 0.05) is 11.8 Å². The second kappa shape index (κ2) is 6.73. The van der Waals surface area contributed by atoms with E-state index >= 15 is 0 Å². The fraction of sp³-hybridized carbons (Fsp3) is 0.200. The monoisotopic (exact) mass is 330 g/mol. The molecule has 2 heteroatoms. The van der Waals surface area contributed by atoms with Crippen molar-refractivity contribution in [2.75, 3.05) is 0 Å². The first kappa shape index (κ1) is 16.9. The summed E-state index contributed by atoms with van der Waals surface area (Å²) in [6, 6.07) is 17.6.